The van der Waals surface area contributed by atoms with Crippen LogP contribution in [0.15, 0.2) is 30.3 Å². The van der Waals surface area contributed by atoms with Crippen LogP contribution in [0, 0.1) is 11.8 Å². The highest BCUT2D eigenvalue weighted by molar-refractivity contribution is 5.70. The van der Waals surface area contributed by atoms with Gasteiger partial charge in [0.15, 0.2) is 0 Å². The zero-order valence-electron chi connectivity index (χ0n) is 13.8. The van der Waals surface area contributed by atoms with E-state index in [0.29, 0.717) is 0 Å². The van der Waals surface area contributed by atoms with Crippen LogP contribution >= 0.6 is 0 Å². The van der Waals surface area contributed by atoms with E-state index in [9.17, 15) is 9.90 Å². The molecule has 0 bridgehead atoms. The lowest BCUT2D eigenvalue weighted by Crippen LogP contribution is -2.51. The van der Waals surface area contributed by atoms with Crippen molar-refractivity contribution in [2.24, 2.45) is 11.8 Å². The molecule has 23 heavy (non-hydrogen) atoms. The number of hydrogen-bond acceptors (Lipinski definition) is 3. The van der Waals surface area contributed by atoms with Gasteiger partial charge in [0.05, 0.1) is 5.92 Å². The van der Waals surface area contributed by atoms with Crippen LogP contribution in [0.1, 0.15) is 37.7 Å². The molecule has 1 aromatic carbocycles. The smallest absolute Gasteiger partial charge is 0.307 e. The molecule has 0 spiro atoms. The van der Waals surface area contributed by atoms with Crippen molar-refractivity contribution in [3.05, 3.63) is 35.9 Å². The van der Waals surface area contributed by atoms with Crippen LogP contribution in [0.2, 0.25) is 0 Å². The first kappa shape index (κ1) is 16.5. The summed E-state index contributed by atoms with van der Waals surface area (Å²) < 4.78 is 0. The Bertz CT molecular complexity index is 499. The van der Waals surface area contributed by atoms with Crippen LogP contribution in [0.25, 0.3) is 0 Å². The zero-order valence-corrected chi connectivity index (χ0v) is 13.8. The molecular formula is C19H28N2O2. The van der Waals surface area contributed by atoms with Crippen LogP contribution < -0.4 is 5.32 Å². The van der Waals surface area contributed by atoms with Crippen molar-refractivity contribution in [3.63, 3.8) is 0 Å². The molecule has 2 atom stereocenters. The molecule has 126 valence electrons. The van der Waals surface area contributed by atoms with Crippen LogP contribution in [0.4, 0.5) is 0 Å². The average molecular weight is 316 g/mol. The molecule has 1 aliphatic carbocycles. The molecule has 0 radical (unpaired) electrons. The molecule has 4 nitrogen and oxygen atoms in total. The maximum absolute atomic E-state index is 11.5. The fraction of sp³-hybridized carbons (Fsp3) is 0.632. The third-order valence-corrected chi connectivity index (χ3v) is 5.30. The van der Waals surface area contributed by atoms with Gasteiger partial charge in [-0.25, -0.2) is 0 Å². The van der Waals surface area contributed by atoms with E-state index in [0.717, 1.165) is 38.5 Å². The molecule has 1 aliphatic heterocycles. The third kappa shape index (κ3) is 4.79. The SMILES string of the molecule is O=C(O)C1CC(NCc2ccccc2)CN(CC2CCCC2)C1. The van der Waals surface area contributed by atoms with E-state index in [-0.39, 0.29) is 12.0 Å². The van der Waals surface area contributed by atoms with E-state index in [4.69, 9.17) is 0 Å². The standard InChI is InChI=1S/C19H28N2O2/c22-19(23)17-10-18(20-11-15-6-2-1-3-7-15)14-21(13-17)12-16-8-4-5-9-16/h1-3,6-7,16-18,20H,4-5,8-14H2,(H,22,23). The van der Waals surface area contributed by atoms with Gasteiger partial charge in [-0.2, -0.15) is 0 Å². The lowest BCUT2D eigenvalue weighted by Gasteiger charge is -2.38. The fourth-order valence-corrected chi connectivity index (χ4v) is 4.08. The molecule has 1 saturated carbocycles. The normalized spacial score (nSPS) is 26.4. The number of carboxylic acids is 1. The summed E-state index contributed by atoms with van der Waals surface area (Å²) in [5, 5.41) is 13.0. The van der Waals surface area contributed by atoms with Gasteiger partial charge in [-0.05, 0) is 30.7 Å². The Balaban J connectivity index is 1.56. The Morgan fingerprint density at radius 2 is 1.91 bits per heavy atom. The summed E-state index contributed by atoms with van der Waals surface area (Å²) in [4.78, 5) is 13.9. The van der Waals surface area contributed by atoms with Gasteiger partial charge < -0.3 is 15.3 Å². The second kappa shape index (κ2) is 7.93. The van der Waals surface area contributed by atoms with Crippen LogP contribution in [0.3, 0.4) is 0 Å². The predicted octanol–water partition coefficient (Wildman–Crippen LogP) is 2.74. The highest BCUT2D eigenvalue weighted by Crippen LogP contribution is 2.27. The summed E-state index contributed by atoms with van der Waals surface area (Å²) in [5.74, 6) is -0.108. The minimum Gasteiger partial charge on any atom is -0.481 e. The number of aliphatic carboxylic acids is 1. The van der Waals surface area contributed by atoms with E-state index < -0.39 is 5.97 Å². The van der Waals surface area contributed by atoms with Crippen LogP contribution in [-0.4, -0.2) is 41.7 Å². The van der Waals surface area contributed by atoms with Crippen molar-refractivity contribution in [1.82, 2.24) is 10.2 Å². The summed E-state index contributed by atoms with van der Waals surface area (Å²) in [6.07, 6.45) is 6.06. The molecule has 4 heteroatoms. The fourth-order valence-electron chi connectivity index (χ4n) is 4.08. The number of nitrogens with zero attached hydrogens (tertiary/aromatic N) is 1. The van der Waals surface area contributed by atoms with Gasteiger partial charge in [0.2, 0.25) is 0 Å². The summed E-state index contributed by atoms with van der Waals surface area (Å²) in [7, 11) is 0. The van der Waals surface area contributed by atoms with E-state index in [1.165, 1.54) is 31.2 Å². The lowest BCUT2D eigenvalue weighted by atomic mass is 9.93. The largest absolute Gasteiger partial charge is 0.481 e. The summed E-state index contributed by atoms with van der Waals surface area (Å²) in [5.41, 5.74) is 1.26. The monoisotopic (exact) mass is 316 g/mol. The Morgan fingerprint density at radius 3 is 2.61 bits per heavy atom. The number of hydrogen-bond donors (Lipinski definition) is 2. The molecule has 1 saturated heterocycles. The number of likely N-dealkylation sites (tertiary alicyclic amines) is 1. The Hall–Kier alpha value is -1.39. The first-order chi connectivity index (χ1) is 11.2. The molecule has 3 rings (SSSR count). The van der Waals surface area contributed by atoms with Crippen molar-refractivity contribution in [2.45, 2.75) is 44.7 Å². The molecule has 0 amide bonds. The topological polar surface area (TPSA) is 52.6 Å². The quantitative estimate of drug-likeness (QED) is 0.847. The molecule has 2 unspecified atom stereocenters. The van der Waals surface area contributed by atoms with Crippen LogP contribution in [-0.2, 0) is 11.3 Å². The molecule has 2 aliphatic rings. The van der Waals surface area contributed by atoms with Gasteiger partial charge in [0, 0.05) is 32.2 Å². The van der Waals surface area contributed by atoms with E-state index in [1.807, 2.05) is 18.2 Å². The number of piperidine rings is 1. The van der Waals surface area contributed by atoms with Gasteiger partial charge in [-0.15, -0.1) is 0 Å². The minimum atomic E-state index is -0.646. The molecule has 2 N–H and O–H groups in total. The number of carbonyl (C=O) groups is 1. The highest BCUT2D eigenvalue weighted by Gasteiger charge is 2.32. The molecule has 0 aromatic heterocycles. The Labute approximate surface area is 138 Å². The predicted molar refractivity (Wildman–Crippen MR) is 91.2 cm³/mol. The third-order valence-electron chi connectivity index (χ3n) is 5.30. The lowest BCUT2D eigenvalue weighted by molar-refractivity contribution is -0.144. The summed E-state index contributed by atoms with van der Waals surface area (Å²) in [6.45, 7) is 3.59. The molecular weight excluding hydrogens is 288 g/mol. The van der Waals surface area contributed by atoms with E-state index in [1.54, 1.807) is 0 Å². The maximum atomic E-state index is 11.5. The van der Waals surface area contributed by atoms with Crippen molar-refractivity contribution in [3.8, 4) is 0 Å². The maximum Gasteiger partial charge on any atom is 0.307 e. The minimum absolute atomic E-state index is 0.238. The zero-order chi connectivity index (χ0) is 16.1. The molecule has 1 aromatic rings. The van der Waals surface area contributed by atoms with Gasteiger partial charge in [0.25, 0.3) is 0 Å². The van der Waals surface area contributed by atoms with Gasteiger partial charge in [-0.3, -0.25) is 4.79 Å². The van der Waals surface area contributed by atoms with Crippen molar-refractivity contribution < 1.29 is 9.90 Å². The summed E-state index contributed by atoms with van der Waals surface area (Å²) in [6, 6.07) is 10.6. The van der Waals surface area contributed by atoms with E-state index in [2.05, 4.69) is 22.3 Å². The second-order valence-corrected chi connectivity index (χ2v) is 7.20. The number of carboxylic acid groups (broad SMARTS) is 1. The summed E-state index contributed by atoms with van der Waals surface area (Å²) >= 11 is 0. The van der Waals surface area contributed by atoms with Gasteiger partial charge >= 0.3 is 5.97 Å². The first-order valence-corrected chi connectivity index (χ1v) is 8.93. The number of benzene rings is 1. The van der Waals surface area contributed by atoms with Gasteiger partial charge in [-0.1, -0.05) is 43.2 Å². The second-order valence-electron chi connectivity index (χ2n) is 7.20. The van der Waals surface area contributed by atoms with Gasteiger partial charge in [0.1, 0.15) is 0 Å². The first-order valence-electron chi connectivity index (χ1n) is 8.93. The van der Waals surface area contributed by atoms with E-state index >= 15 is 0 Å². The van der Waals surface area contributed by atoms with Crippen LogP contribution in [0.5, 0.6) is 0 Å². The Kier molecular flexibility index (Phi) is 5.68. The van der Waals surface area contributed by atoms with Crippen molar-refractivity contribution in [1.29, 1.82) is 0 Å². The average Bonchev–Trinajstić information content (AvgIpc) is 3.06. The van der Waals surface area contributed by atoms with Crippen molar-refractivity contribution >= 4 is 5.97 Å². The number of rotatable bonds is 6. The highest BCUT2D eigenvalue weighted by atomic mass is 16.4. The molecule has 2 fully saturated rings. The Morgan fingerprint density at radius 1 is 1.17 bits per heavy atom. The molecule has 1 heterocycles. The van der Waals surface area contributed by atoms with Crippen molar-refractivity contribution in [2.75, 3.05) is 19.6 Å². The number of nitrogens with one attached hydrogen (secondary N) is 1.